The van der Waals surface area contributed by atoms with Gasteiger partial charge in [0.1, 0.15) is 0 Å². The number of anilines is 2. The summed E-state index contributed by atoms with van der Waals surface area (Å²) in [6, 6.07) is 32.2. The molecule has 2 aliphatic rings. The zero-order valence-electron chi connectivity index (χ0n) is 25.0. The first-order valence-corrected chi connectivity index (χ1v) is 18.3. The number of rotatable bonds is 10. The molecule has 0 spiro atoms. The van der Waals surface area contributed by atoms with Gasteiger partial charge in [-0.2, -0.15) is 0 Å². The highest BCUT2D eigenvalue weighted by molar-refractivity contribution is 7.93. The fourth-order valence-corrected chi connectivity index (χ4v) is 7.41. The van der Waals surface area contributed by atoms with Crippen LogP contribution in [0.3, 0.4) is 0 Å². The molecule has 0 saturated heterocycles. The second-order valence-electron chi connectivity index (χ2n) is 11.8. The molecule has 236 valence electrons. The van der Waals surface area contributed by atoms with Crippen LogP contribution in [0, 0.1) is 11.8 Å². The zero-order valence-corrected chi connectivity index (χ0v) is 26.7. The van der Waals surface area contributed by atoms with Crippen molar-refractivity contribution in [2.24, 2.45) is 11.8 Å². The Morgan fingerprint density at radius 1 is 0.522 bits per heavy atom. The van der Waals surface area contributed by atoms with E-state index >= 15 is 0 Å². The van der Waals surface area contributed by atoms with Gasteiger partial charge < -0.3 is 9.13 Å². The number of hydrogen-bond donors (Lipinski definition) is 2. The summed E-state index contributed by atoms with van der Waals surface area (Å²) in [5.41, 5.74) is 3.54. The Hall–Kier alpha value is -4.68. The molecule has 6 aromatic rings. The smallest absolute Gasteiger partial charge is 0.264 e. The molecule has 2 heterocycles. The summed E-state index contributed by atoms with van der Waals surface area (Å²) >= 11 is 0. The molecule has 2 N–H and O–H groups in total. The van der Waals surface area contributed by atoms with Crippen molar-refractivity contribution in [3.63, 3.8) is 0 Å². The Bertz CT molecular complexity index is 2050. The van der Waals surface area contributed by atoms with Gasteiger partial charge >= 0.3 is 0 Å². The topological polar surface area (TPSA) is 128 Å². The Balaban J connectivity index is 0.000000147. The van der Waals surface area contributed by atoms with E-state index in [9.17, 15) is 16.8 Å². The minimum absolute atomic E-state index is 0.241. The van der Waals surface area contributed by atoms with Crippen LogP contribution in [0.5, 0.6) is 0 Å². The van der Waals surface area contributed by atoms with Gasteiger partial charge in [0.2, 0.25) is 11.9 Å². The van der Waals surface area contributed by atoms with Gasteiger partial charge in [0.25, 0.3) is 20.0 Å². The third kappa shape index (κ3) is 6.63. The second-order valence-corrected chi connectivity index (χ2v) is 15.2. The molecular weight excluding hydrogens is 621 g/mol. The summed E-state index contributed by atoms with van der Waals surface area (Å²) in [5, 5.41) is 0. The lowest BCUT2D eigenvalue weighted by atomic mass is 10.3. The predicted molar refractivity (Wildman–Crippen MR) is 179 cm³/mol. The molecule has 2 fully saturated rings. The molecular formula is C34H34N6O4S2. The van der Waals surface area contributed by atoms with Gasteiger partial charge in [-0.3, -0.25) is 0 Å². The van der Waals surface area contributed by atoms with Crippen LogP contribution >= 0.6 is 0 Å². The van der Waals surface area contributed by atoms with E-state index in [4.69, 9.17) is 0 Å². The van der Waals surface area contributed by atoms with Crippen molar-refractivity contribution >= 4 is 54.0 Å². The van der Waals surface area contributed by atoms with Gasteiger partial charge in [-0.15, -0.1) is 0 Å². The van der Waals surface area contributed by atoms with E-state index in [2.05, 4.69) is 19.4 Å². The van der Waals surface area contributed by atoms with Crippen molar-refractivity contribution in [1.82, 2.24) is 19.1 Å². The Morgan fingerprint density at radius 2 is 0.870 bits per heavy atom. The summed E-state index contributed by atoms with van der Waals surface area (Å²) in [6.45, 7) is 1.60. The van der Waals surface area contributed by atoms with Crippen molar-refractivity contribution in [3.05, 3.63) is 109 Å². The van der Waals surface area contributed by atoms with Crippen LogP contribution in [-0.4, -0.2) is 35.9 Å². The molecule has 0 amide bonds. The number of hydrogen-bond acceptors (Lipinski definition) is 6. The summed E-state index contributed by atoms with van der Waals surface area (Å²) in [4.78, 5) is 9.44. The highest BCUT2D eigenvalue weighted by Gasteiger charge is 2.27. The number of nitrogens with one attached hydrogen (secondary N) is 2. The van der Waals surface area contributed by atoms with Crippen LogP contribution in [0.25, 0.3) is 22.1 Å². The van der Waals surface area contributed by atoms with Gasteiger partial charge in [-0.25, -0.2) is 36.2 Å². The largest absolute Gasteiger partial charge is 0.309 e. The molecule has 46 heavy (non-hydrogen) atoms. The molecule has 8 rings (SSSR count). The first-order chi connectivity index (χ1) is 22.3. The lowest BCUT2D eigenvalue weighted by Gasteiger charge is -2.11. The summed E-state index contributed by atoms with van der Waals surface area (Å²) < 4.78 is 59.5. The molecule has 0 atom stereocenters. The molecule has 0 aliphatic heterocycles. The number of imidazole rings is 2. The SMILES string of the molecule is O=S(=O)(Nc1nc2ccccc2n1CC1CC1)c1ccccc1.O=S(=O)(Nc1nc2ccccc2n1CC1CC1)c1ccccc1. The average Bonchev–Trinajstić information content (AvgIpc) is 4.00. The first-order valence-electron chi connectivity index (χ1n) is 15.3. The first kappa shape index (κ1) is 30.0. The lowest BCUT2D eigenvalue weighted by molar-refractivity contribution is 0.597. The monoisotopic (exact) mass is 654 g/mol. The number of sulfonamides is 2. The molecule has 2 aromatic heterocycles. The molecule has 0 unspecified atom stereocenters. The van der Waals surface area contributed by atoms with Crippen LogP contribution in [0.15, 0.2) is 119 Å². The summed E-state index contributed by atoms with van der Waals surface area (Å²) in [6.07, 6.45) is 4.77. The number of nitrogens with zero attached hydrogens (tertiary/aromatic N) is 4. The predicted octanol–water partition coefficient (Wildman–Crippen LogP) is 6.49. The lowest BCUT2D eigenvalue weighted by Crippen LogP contribution is -2.17. The molecule has 12 heteroatoms. The van der Waals surface area contributed by atoms with Gasteiger partial charge in [-0.05, 0) is 86.1 Å². The zero-order chi connectivity index (χ0) is 31.7. The van der Waals surface area contributed by atoms with E-state index < -0.39 is 20.0 Å². The van der Waals surface area contributed by atoms with Gasteiger partial charge in [-0.1, -0.05) is 60.7 Å². The maximum atomic E-state index is 12.6. The summed E-state index contributed by atoms with van der Waals surface area (Å²) in [5.74, 6) is 2.02. The van der Waals surface area contributed by atoms with E-state index in [0.717, 1.165) is 35.2 Å². The molecule has 4 aromatic carbocycles. The van der Waals surface area contributed by atoms with Crippen LogP contribution in [0.1, 0.15) is 25.7 Å². The van der Waals surface area contributed by atoms with Crippen molar-refractivity contribution in [1.29, 1.82) is 0 Å². The van der Waals surface area contributed by atoms with Crippen molar-refractivity contribution in [2.75, 3.05) is 9.44 Å². The minimum Gasteiger partial charge on any atom is -0.309 e. The Kier molecular flexibility index (Phi) is 7.99. The molecule has 2 aliphatic carbocycles. The van der Waals surface area contributed by atoms with Crippen LogP contribution in [-0.2, 0) is 33.1 Å². The van der Waals surface area contributed by atoms with Crippen LogP contribution in [0.2, 0.25) is 0 Å². The van der Waals surface area contributed by atoms with Crippen molar-refractivity contribution < 1.29 is 16.8 Å². The fraction of sp³-hybridized carbons (Fsp3) is 0.235. The number of fused-ring (bicyclic) bond motifs is 2. The van der Waals surface area contributed by atoms with E-state index in [1.807, 2.05) is 57.7 Å². The van der Waals surface area contributed by atoms with Gasteiger partial charge in [0, 0.05) is 13.1 Å². The second kappa shape index (κ2) is 12.3. The highest BCUT2D eigenvalue weighted by atomic mass is 32.2. The summed E-state index contributed by atoms with van der Waals surface area (Å²) in [7, 11) is -7.26. The molecule has 0 bridgehead atoms. The number of benzene rings is 4. The normalized spacial score (nSPS) is 15.0. The number of para-hydroxylation sites is 4. The molecule has 2 saturated carbocycles. The van der Waals surface area contributed by atoms with E-state index in [1.165, 1.54) is 25.7 Å². The highest BCUT2D eigenvalue weighted by Crippen LogP contribution is 2.35. The minimum atomic E-state index is -3.63. The third-order valence-electron chi connectivity index (χ3n) is 8.14. The van der Waals surface area contributed by atoms with E-state index in [0.29, 0.717) is 23.7 Å². The number of aromatic nitrogens is 4. The maximum Gasteiger partial charge on any atom is 0.264 e. The van der Waals surface area contributed by atoms with Crippen LogP contribution < -0.4 is 9.44 Å². The van der Waals surface area contributed by atoms with E-state index in [1.54, 1.807) is 60.7 Å². The van der Waals surface area contributed by atoms with Gasteiger partial charge in [0.15, 0.2) is 0 Å². The fourth-order valence-electron chi connectivity index (χ4n) is 5.35. The molecule has 0 radical (unpaired) electrons. The van der Waals surface area contributed by atoms with E-state index in [-0.39, 0.29) is 9.79 Å². The third-order valence-corrected chi connectivity index (χ3v) is 10.8. The van der Waals surface area contributed by atoms with Crippen LogP contribution in [0.4, 0.5) is 11.9 Å². The Labute approximate surface area is 268 Å². The maximum absolute atomic E-state index is 12.6. The van der Waals surface area contributed by atoms with Gasteiger partial charge in [0.05, 0.1) is 31.9 Å². The van der Waals surface area contributed by atoms with Crippen molar-refractivity contribution in [3.8, 4) is 0 Å². The Morgan fingerprint density at radius 3 is 1.24 bits per heavy atom. The quantitative estimate of drug-likeness (QED) is 0.174. The standard InChI is InChI=1S/2C17H17N3O2S/c2*21-23(22,14-6-2-1-3-7-14)19-17-18-15-8-4-5-9-16(15)20(17)12-13-10-11-13/h2*1-9,13H,10-12H2,(H,18,19). The van der Waals surface area contributed by atoms with Crippen molar-refractivity contribution in [2.45, 2.75) is 48.6 Å². The molecule has 10 nitrogen and oxygen atoms in total. The average molecular weight is 655 g/mol.